The molecule has 1 saturated heterocycles. The number of amides is 1. The number of likely N-dealkylation sites (tertiary alicyclic amines) is 1. The summed E-state index contributed by atoms with van der Waals surface area (Å²) >= 11 is 0. The molecule has 1 amide bonds. The van der Waals surface area contributed by atoms with Gasteiger partial charge in [0.05, 0.1) is 25.9 Å². The summed E-state index contributed by atoms with van der Waals surface area (Å²) < 4.78 is 10.6. The van der Waals surface area contributed by atoms with Crippen LogP contribution in [0, 0.1) is 0 Å². The summed E-state index contributed by atoms with van der Waals surface area (Å²) in [4.78, 5) is 13.0. The van der Waals surface area contributed by atoms with Gasteiger partial charge in [0, 0.05) is 6.54 Å². The van der Waals surface area contributed by atoms with Crippen LogP contribution in [0.25, 0.3) is 0 Å². The maximum absolute atomic E-state index is 11.4. The summed E-state index contributed by atoms with van der Waals surface area (Å²) in [6.07, 6.45) is 0.333. The lowest BCUT2D eigenvalue weighted by Crippen LogP contribution is -2.38. The minimum atomic E-state index is -1.60. The van der Waals surface area contributed by atoms with Gasteiger partial charge in [0.25, 0.3) is 0 Å². The monoisotopic (exact) mass is 247 g/mol. The topological polar surface area (TPSA) is 59.0 Å². The van der Waals surface area contributed by atoms with Gasteiger partial charge in [-0.1, -0.05) is 0 Å². The number of rotatable bonds is 3. The average Bonchev–Trinajstić information content (AvgIpc) is 2.57. The van der Waals surface area contributed by atoms with E-state index in [2.05, 4.69) is 24.4 Å². The third kappa shape index (κ3) is 3.46. The molecule has 0 aromatic rings. The molecular weight excluding hydrogens is 226 g/mol. The lowest BCUT2D eigenvalue weighted by atomic mass is 10.2. The average molecular weight is 247 g/mol. The highest BCUT2D eigenvalue weighted by molar-refractivity contribution is 6.69. The van der Waals surface area contributed by atoms with Crippen molar-refractivity contribution in [2.24, 2.45) is 0 Å². The van der Waals surface area contributed by atoms with Gasteiger partial charge >= 0.3 is 6.09 Å². The Kier molecular flexibility index (Phi) is 4.34. The number of methoxy groups -OCH3 is 1. The number of hydrogen-bond donors (Lipinski definition) is 1. The normalized spacial score (nSPS) is 25.9. The van der Waals surface area contributed by atoms with Crippen molar-refractivity contribution < 1.29 is 19.1 Å². The standard InChI is InChI=1S/C10H21NO4Si/c1-14-10(13)11-6-9(5-8(11)7-12)15-16(2,3)4/h8-9,12H,5-7H2,1-4H3. The van der Waals surface area contributed by atoms with E-state index in [9.17, 15) is 9.90 Å². The first-order chi connectivity index (χ1) is 7.37. The zero-order valence-electron chi connectivity index (χ0n) is 10.4. The molecule has 1 fully saturated rings. The Morgan fingerprint density at radius 2 is 2.12 bits per heavy atom. The molecule has 0 spiro atoms. The van der Waals surface area contributed by atoms with Gasteiger partial charge in [-0.3, -0.25) is 0 Å². The molecule has 1 aliphatic heterocycles. The highest BCUT2D eigenvalue weighted by Crippen LogP contribution is 2.23. The molecule has 0 radical (unpaired) electrons. The van der Waals surface area contributed by atoms with Crippen molar-refractivity contribution in [3.63, 3.8) is 0 Å². The third-order valence-electron chi connectivity index (χ3n) is 2.52. The second kappa shape index (κ2) is 5.16. The minimum absolute atomic E-state index is 0.0305. The van der Waals surface area contributed by atoms with E-state index in [0.717, 1.165) is 0 Å². The van der Waals surface area contributed by atoms with E-state index in [4.69, 9.17) is 4.43 Å². The summed E-state index contributed by atoms with van der Waals surface area (Å²) in [5.74, 6) is 0. The van der Waals surface area contributed by atoms with Crippen LogP contribution in [-0.4, -0.2) is 56.8 Å². The molecule has 2 unspecified atom stereocenters. The highest BCUT2D eigenvalue weighted by Gasteiger charge is 2.37. The molecule has 1 aliphatic rings. The predicted molar refractivity (Wildman–Crippen MR) is 62.8 cm³/mol. The zero-order valence-corrected chi connectivity index (χ0v) is 11.4. The molecule has 0 bridgehead atoms. The molecule has 0 aromatic heterocycles. The van der Waals surface area contributed by atoms with E-state index in [1.54, 1.807) is 4.90 Å². The smallest absolute Gasteiger partial charge is 0.409 e. The van der Waals surface area contributed by atoms with Crippen LogP contribution in [0.1, 0.15) is 6.42 Å². The van der Waals surface area contributed by atoms with Gasteiger partial charge in [-0.15, -0.1) is 0 Å². The Labute approximate surface area is 97.5 Å². The van der Waals surface area contributed by atoms with Crippen molar-refractivity contribution in [3.05, 3.63) is 0 Å². The van der Waals surface area contributed by atoms with Crippen LogP contribution >= 0.6 is 0 Å². The highest BCUT2D eigenvalue weighted by atomic mass is 28.4. The molecule has 0 aromatic carbocycles. The van der Waals surface area contributed by atoms with Gasteiger partial charge in [0.1, 0.15) is 0 Å². The first-order valence-electron chi connectivity index (χ1n) is 5.50. The Morgan fingerprint density at radius 3 is 2.56 bits per heavy atom. The predicted octanol–water partition coefficient (Wildman–Crippen LogP) is 1.04. The van der Waals surface area contributed by atoms with Crippen LogP contribution in [0.3, 0.4) is 0 Å². The van der Waals surface area contributed by atoms with Crippen molar-refractivity contribution in [3.8, 4) is 0 Å². The van der Waals surface area contributed by atoms with E-state index in [-0.39, 0.29) is 24.8 Å². The molecule has 16 heavy (non-hydrogen) atoms. The fourth-order valence-corrected chi connectivity index (χ4v) is 3.14. The summed E-state index contributed by atoms with van der Waals surface area (Å²) in [5.41, 5.74) is 0. The van der Waals surface area contributed by atoms with E-state index in [0.29, 0.717) is 13.0 Å². The lowest BCUT2D eigenvalue weighted by molar-refractivity contribution is 0.0994. The van der Waals surface area contributed by atoms with Crippen molar-refractivity contribution >= 4 is 14.4 Å². The van der Waals surface area contributed by atoms with Gasteiger partial charge < -0.3 is 19.2 Å². The number of ether oxygens (including phenoxy) is 1. The Morgan fingerprint density at radius 1 is 1.50 bits per heavy atom. The Balaban J connectivity index is 2.59. The number of hydrogen-bond acceptors (Lipinski definition) is 4. The largest absolute Gasteiger partial charge is 0.453 e. The van der Waals surface area contributed by atoms with Crippen LogP contribution in [-0.2, 0) is 9.16 Å². The number of aliphatic hydroxyl groups is 1. The molecule has 1 N–H and O–H groups in total. The lowest BCUT2D eigenvalue weighted by Gasteiger charge is -2.23. The fraction of sp³-hybridized carbons (Fsp3) is 0.900. The van der Waals surface area contributed by atoms with Crippen LogP contribution in [0.2, 0.25) is 19.6 Å². The summed E-state index contributed by atoms with van der Waals surface area (Å²) in [5, 5.41) is 9.20. The Bertz CT molecular complexity index is 254. The zero-order chi connectivity index (χ0) is 12.3. The van der Waals surface area contributed by atoms with E-state index >= 15 is 0 Å². The van der Waals surface area contributed by atoms with Gasteiger partial charge in [-0.05, 0) is 26.1 Å². The van der Waals surface area contributed by atoms with Crippen molar-refractivity contribution in [1.82, 2.24) is 4.90 Å². The molecule has 1 rings (SSSR count). The molecule has 0 aliphatic carbocycles. The maximum Gasteiger partial charge on any atom is 0.409 e. The van der Waals surface area contributed by atoms with Gasteiger partial charge in [-0.25, -0.2) is 4.79 Å². The molecule has 2 atom stereocenters. The van der Waals surface area contributed by atoms with Gasteiger partial charge in [0.15, 0.2) is 8.32 Å². The van der Waals surface area contributed by atoms with Crippen LogP contribution in [0.5, 0.6) is 0 Å². The molecule has 0 saturated carbocycles. The fourth-order valence-electron chi connectivity index (χ4n) is 1.97. The number of aliphatic hydroxyl groups excluding tert-OH is 1. The first kappa shape index (κ1) is 13.5. The SMILES string of the molecule is COC(=O)N1CC(O[Si](C)(C)C)CC1CO. The van der Waals surface area contributed by atoms with Crippen molar-refractivity contribution in [1.29, 1.82) is 0 Å². The first-order valence-corrected chi connectivity index (χ1v) is 8.91. The van der Waals surface area contributed by atoms with E-state index < -0.39 is 8.32 Å². The number of carbonyl (C=O) groups is 1. The second-order valence-electron chi connectivity index (χ2n) is 5.05. The van der Waals surface area contributed by atoms with Gasteiger partial charge in [0.2, 0.25) is 0 Å². The number of nitrogens with zero attached hydrogens (tertiary/aromatic N) is 1. The second-order valence-corrected chi connectivity index (χ2v) is 9.51. The van der Waals surface area contributed by atoms with Crippen molar-refractivity contribution in [2.45, 2.75) is 38.2 Å². The summed E-state index contributed by atoms with van der Waals surface area (Å²) in [7, 11) is -0.249. The van der Waals surface area contributed by atoms with Crippen LogP contribution in [0.4, 0.5) is 4.79 Å². The van der Waals surface area contributed by atoms with Crippen LogP contribution in [0.15, 0.2) is 0 Å². The summed E-state index contributed by atoms with van der Waals surface area (Å²) in [6, 6.07) is -0.172. The third-order valence-corrected chi connectivity index (χ3v) is 3.56. The minimum Gasteiger partial charge on any atom is -0.453 e. The quantitative estimate of drug-likeness (QED) is 0.757. The number of carbonyl (C=O) groups excluding carboxylic acids is 1. The Hall–Kier alpha value is -0.593. The molecule has 94 valence electrons. The summed E-state index contributed by atoms with van der Waals surface area (Å²) in [6.45, 7) is 6.81. The molecule has 6 heteroatoms. The van der Waals surface area contributed by atoms with Crippen molar-refractivity contribution in [2.75, 3.05) is 20.3 Å². The molecule has 1 heterocycles. The maximum atomic E-state index is 11.4. The molecule has 5 nitrogen and oxygen atoms in total. The van der Waals surface area contributed by atoms with Crippen LogP contribution < -0.4 is 0 Å². The van der Waals surface area contributed by atoms with E-state index in [1.807, 2.05) is 0 Å². The van der Waals surface area contributed by atoms with E-state index in [1.165, 1.54) is 7.11 Å². The van der Waals surface area contributed by atoms with Gasteiger partial charge in [-0.2, -0.15) is 0 Å². The molecular formula is C10H21NO4Si.